The normalized spacial score (nSPS) is 20.2. The molecule has 1 aliphatic heterocycles. The van der Waals surface area contributed by atoms with Crippen molar-refractivity contribution in [2.24, 2.45) is 0 Å². The van der Waals surface area contributed by atoms with Gasteiger partial charge in [-0.3, -0.25) is 4.79 Å². The van der Waals surface area contributed by atoms with E-state index < -0.39 is 10.0 Å². The van der Waals surface area contributed by atoms with Crippen molar-refractivity contribution in [1.82, 2.24) is 4.31 Å². The Morgan fingerprint density at radius 3 is 2.41 bits per heavy atom. The highest BCUT2D eigenvalue weighted by Crippen LogP contribution is 2.22. The molecule has 0 bridgehead atoms. The van der Waals surface area contributed by atoms with Crippen molar-refractivity contribution in [3.8, 4) is 5.75 Å². The van der Waals surface area contributed by atoms with Crippen LogP contribution in [0.4, 0.5) is 5.69 Å². The molecular formula is C21H26N2O5S. The van der Waals surface area contributed by atoms with Gasteiger partial charge in [0, 0.05) is 18.8 Å². The summed E-state index contributed by atoms with van der Waals surface area (Å²) in [5, 5.41) is 2.71. The van der Waals surface area contributed by atoms with Gasteiger partial charge in [0.2, 0.25) is 10.0 Å². The Kier molecular flexibility index (Phi) is 6.56. The van der Waals surface area contributed by atoms with Gasteiger partial charge >= 0.3 is 0 Å². The van der Waals surface area contributed by atoms with Crippen molar-refractivity contribution < 1.29 is 22.7 Å². The lowest BCUT2D eigenvalue weighted by atomic mass is 10.2. The molecule has 1 heterocycles. The molecule has 7 nitrogen and oxygen atoms in total. The van der Waals surface area contributed by atoms with Crippen LogP contribution in [0.25, 0.3) is 0 Å². The summed E-state index contributed by atoms with van der Waals surface area (Å²) in [5.74, 6) is 0.300. The number of hydrogen-bond acceptors (Lipinski definition) is 5. The number of anilines is 1. The highest BCUT2D eigenvalue weighted by atomic mass is 32.2. The average Bonchev–Trinajstić information content (AvgIpc) is 2.66. The number of hydrogen-bond donors (Lipinski definition) is 1. The fourth-order valence-electron chi connectivity index (χ4n) is 3.24. The lowest BCUT2D eigenvalue weighted by Crippen LogP contribution is -2.48. The molecule has 0 unspecified atom stereocenters. The molecule has 156 valence electrons. The number of aryl methyl sites for hydroxylation is 1. The van der Waals surface area contributed by atoms with Gasteiger partial charge < -0.3 is 14.8 Å². The molecule has 1 fully saturated rings. The number of nitrogens with one attached hydrogen (secondary N) is 1. The Morgan fingerprint density at radius 2 is 1.79 bits per heavy atom. The zero-order valence-corrected chi connectivity index (χ0v) is 17.6. The summed E-state index contributed by atoms with van der Waals surface area (Å²) >= 11 is 0. The molecule has 29 heavy (non-hydrogen) atoms. The third-order valence-corrected chi connectivity index (χ3v) is 6.37. The molecular weight excluding hydrogens is 392 g/mol. The molecule has 1 amide bonds. The minimum absolute atomic E-state index is 0.132. The molecule has 1 saturated heterocycles. The SMILES string of the molecule is Cc1cccc(OCC(=O)Nc2ccc(S(=O)(=O)N3C[C@@H](C)O[C@H](C)C3)cc2)c1. The summed E-state index contributed by atoms with van der Waals surface area (Å²) in [6.07, 6.45) is -0.305. The predicted octanol–water partition coefficient (Wildman–Crippen LogP) is 2.81. The van der Waals surface area contributed by atoms with Crippen LogP contribution in [0.15, 0.2) is 53.4 Å². The van der Waals surface area contributed by atoms with Crippen LogP contribution in [-0.2, 0) is 19.6 Å². The Labute approximate surface area is 171 Å². The van der Waals surface area contributed by atoms with Crippen LogP contribution in [0.5, 0.6) is 5.75 Å². The van der Waals surface area contributed by atoms with Gasteiger partial charge in [0.15, 0.2) is 6.61 Å². The minimum Gasteiger partial charge on any atom is -0.484 e. The molecule has 2 atom stereocenters. The number of carbonyl (C=O) groups excluding carboxylic acids is 1. The van der Waals surface area contributed by atoms with Crippen LogP contribution in [0.3, 0.4) is 0 Å². The highest BCUT2D eigenvalue weighted by Gasteiger charge is 2.32. The van der Waals surface area contributed by atoms with E-state index in [2.05, 4.69) is 5.32 Å². The molecule has 1 aliphatic rings. The summed E-state index contributed by atoms with van der Waals surface area (Å²) < 4.78 is 38.2. The maximum absolute atomic E-state index is 12.9. The van der Waals surface area contributed by atoms with E-state index in [4.69, 9.17) is 9.47 Å². The van der Waals surface area contributed by atoms with Gasteiger partial charge in [-0.25, -0.2) is 8.42 Å². The zero-order chi connectivity index (χ0) is 21.0. The van der Waals surface area contributed by atoms with E-state index in [0.29, 0.717) is 24.5 Å². The van der Waals surface area contributed by atoms with E-state index in [1.54, 1.807) is 18.2 Å². The van der Waals surface area contributed by atoms with Crippen LogP contribution in [-0.4, -0.2) is 50.5 Å². The smallest absolute Gasteiger partial charge is 0.262 e. The Bertz CT molecular complexity index is 949. The first-order valence-corrected chi connectivity index (χ1v) is 10.9. The molecule has 2 aromatic carbocycles. The van der Waals surface area contributed by atoms with Gasteiger partial charge in [-0.05, 0) is 62.7 Å². The van der Waals surface area contributed by atoms with Crippen LogP contribution >= 0.6 is 0 Å². The predicted molar refractivity (Wildman–Crippen MR) is 111 cm³/mol. The maximum atomic E-state index is 12.9. The molecule has 8 heteroatoms. The van der Waals surface area contributed by atoms with Crippen molar-refractivity contribution in [3.05, 3.63) is 54.1 Å². The van der Waals surface area contributed by atoms with Gasteiger partial charge in [0.05, 0.1) is 17.1 Å². The Morgan fingerprint density at radius 1 is 1.14 bits per heavy atom. The summed E-state index contributed by atoms with van der Waals surface area (Å²) in [5.41, 5.74) is 1.55. The second-order valence-electron chi connectivity index (χ2n) is 7.26. The summed E-state index contributed by atoms with van der Waals surface area (Å²) in [4.78, 5) is 12.3. The van der Waals surface area contributed by atoms with Gasteiger partial charge in [0.1, 0.15) is 5.75 Å². The number of sulfonamides is 1. The van der Waals surface area contributed by atoms with Gasteiger partial charge in [-0.15, -0.1) is 0 Å². The molecule has 2 aromatic rings. The van der Waals surface area contributed by atoms with Crippen molar-refractivity contribution in [2.75, 3.05) is 25.0 Å². The van der Waals surface area contributed by atoms with Crippen molar-refractivity contribution in [2.45, 2.75) is 37.9 Å². The lowest BCUT2D eigenvalue weighted by Gasteiger charge is -2.34. The summed E-state index contributed by atoms with van der Waals surface area (Å²) in [7, 11) is -3.61. The van der Waals surface area contributed by atoms with E-state index >= 15 is 0 Å². The van der Waals surface area contributed by atoms with E-state index in [0.717, 1.165) is 5.56 Å². The Balaban J connectivity index is 1.60. The molecule has 0 saturated carbocycles. The first-order chi connectivity index (χ1) is 13.7. The Hall–Kier alpha value is -2.42. The van der Waals surface area contributed by atoms with E-state index in [9.17, 15) is 13.2 Å². The molecule has 0 radical (unpaired) electrons. The summed E-state index contributed by atoms with van der Waals surface area (Å²) in [6, 6.07) is 13.6. The van der Waals surface area contributed by atoms with E-state index in [1.807, 2.05) is 39.0 Å². The summed E-state index contributed by atoms with van der Waals surface area (Å²) in [6.45, 7) is 6.17. The van der Waals surface area contributed by atoms with Crippen molar-refractivity contribution in [1.29, 1.82) is 0 Å². The second-order valence-corrected chi connectivity index (χ2v) is 9.20. The standard InChI is InChI=1S/C21H26N2O5S/c1-15-5-4-6-19(11-15)27-14-21(24)22-18-7-9-20(10-8-18)29(25,26)23-12-16(2)28-17(3)13-23/h4-11,16-17H,12-14H2,1-3H3,(H,22,24)/t16-,17-/m1/s1. The van der Waals surface area contributed by atoms with Crippen molar-refractivity contribution >= 4 is 21.6 Å². The topological polar surface area (TPSA) is 84.9 Å². The van der Waals surface area contributed by atoms with Crippen LogP contribution < -0.4 is 10.1 Å². The average molecular weight is 419 g/mol. The van der Waals surface area contributed by atoms with Gasteiger partial charge in [-0.1, -0.05) is 12.1 Å². The number of morpholine rings is 1. The maximum Gasteiger partial charge on any atom is 0.262 e. The number of carbonyl (C=O) groups is 1. The monoisotopic (exact) mass is 418 g/mol. The molecule has 0 aliphatic carbocycles. The van der Waals surface area contributed by atoms with Crippen LogP contribution in [0.2, 0.25) is 0 Å². The van der Waals surface area contributed by atoms with Gasteiger partial charge in [-0.2, -0.15) is 4.31 Å². The molecule has 3 rings (SSSR count). The zero-order valence-electron chi connectivity index (χ0n) is 16.8. The number of ether oxygens (including phenoxy) is 2. The fraction of sp³-hybridized carbons (Fsp3) is 0.381. The van der Waals surface area contributed by atoms with Gasteiger partial charge in [0.25, 0.3) is 5.91 Å². The van der Waals surface area contributed by atoms with Crippen molar-refractivity contribution in [3.63, 3.8) is 0 Å². The molecule has 0 spiro atoms. The van der Waals surface area contributed by atoms with Crippen LogP contribution in [0.1, 0.15) is 19.4 Å². The number of benzene rings is 2. The quantitative estimate of drug-likeness (QED) is 0.780. The van der Waals surface area contributed by atoms with E-state index in [1.165, 1.54) is 16.4 Å². The third kappa shape index (κ3) is 5.56. The first kappa shape index (κ1) is 21.3. The molecule has 1 N–H and O–H groups in total. The fourth-order valence-corrected chi connectivity index (χ4v) is 4.83. The number of nitrogens with zero attached hydrogens (tertiary/aromatic N) is 1. The first-order valence-electron chi connectivity index (χ1n) is 9.49. The van der Waals surface area contributed by atoms with E-state index in [-0.39, 0.29) is 29.6 Å². The van der Waals surface area contributed by atoms with Crippen LogP contribution in [0, 0.1) is 6.92 Å². The molecule has 0 aromatic heterocycles. The number of amides is 1. The third-order valence-electron chi connectivity index (χ3n) is 4.52. The largest absolute Gasteiger partial charge is 0.484 e. The lowest BCUT2D eigenvalue weighted by molar-refractivity contribution is -0.118. The minimum atomic E-state index is -3.61. The second kappa shape index (κ2) is 8.94. The number of rotatable bonds is 6. The highest BCUT2D eigenvalue weighted by molar-refractivity contribution is 7.89.